The van der Waals surface area contributed by atoms with Crippen molar-refractivity contribution in [3.05, 3.63) is 22.1 Å². The molecule has 93 valence electrons. The number of hydrogen-bond donors (Lipinski definition) is 2. The summed E-state index contributed by atoms with van der Waals surface area (Å²) in [4.78, 5) is 15.1. The summed E-state index contributed by atoms with van der Waals surface area (Å²) in [6.07, 6.45) is 0.302. The Labute approximate surface area is 106 Å². The molecule has 6 nitrogen and oxygen atoms in total. The molecule has 1 fully saturated rings. The molecule has 0 aromatic carbocycles. The van der Waals surface area contributed by atoms with E-state index in [2.05, 4.69) is 21.0 Å². The van der Waals surface area contributed by atoms with Gasteiger partial charge in [0.05, 0.1) is 0 Å². The van der Waals surface area contributed by atoms with Gasteiger partial charge in [-0.1, -0.05) is 0 Å². The number of aliphatic hydroxyl groups excluding tert-OH is 2. The van der Waals surface area contributed by atoms with Gasteiger partial charge >= 0.3 is 106 Å². The predicted molar refractivity (Wildman–Crippen MR) is 60.2 cm³/mol. The van der Waals surface area contributed by atoms with Crippen molar-refractivity contribution in [3.63, 3.8) is 0 Å². The molecule has 7 heteroatoms. The zero-order valence-electron chi connectivity index (χ0n) is 9.24. The van der Waals surface area contributed by atoms with E-state index >= 15 is 0 Å². The van der Waals surface area contributed by atoms with Gasteiger partial charge in [0.25, 0.3) is 0 Å². The minimum absolute atomic E-state index is 0.229. The monoisotopic (exact) mass is 305 g/mol. The van der Waals surface area contributed by atoms with Crippen LogP contribution in [0.2, 0.25) is 0 Å². The van der Waals surface area contributed by atoms with E-state index in [9.17, 15) is 9.90 Å². The number of ether oxygens (including phenoxy) is 1. The van der Waals surface area contributed by atoms with Gasteiger partial charge in [0, 0.05) is 0 Å². The van der Waals surface area contributed by atoms with Gasteiger partial charge in [0.2, 0.25) is 0 Å². The summed E-state index contributed by atoms with van der Waals surface area (Å²) in [5, 5.41) is 18.6. The van der Waals surface area contributed by atoms with Crippen molar-refractivity contribution in [2.24, 2.45) is 0 Å². The van der Waals surface area contributed by atoms with E-state index in [1.165, 1.54) is 0 Å². The van der Waals surface area contributed by atoms with Crippen molar-refractivity contribution in [1.29, 1.82) is 0 Å². The molecule has 1 aliphatic heterocycles. The third-order valence-corrected chi connectivity index (χ3v) is 3.42. The van der Waals surface area contributed by atoms with Crippen LogP contribution in [0, 0.1) is 6.92 Å². The van der Waals surface area contributed by atoms with Crippen molar-refractivity contribution in [2.45, 2.75) is 31.8 Å². The second-order valence-electron chi connectivity index (χ2n) is 4.03. The fourth-order valence-corrected chi connectivity index (χ4v) is 2.34. The molecule has 1 aliphatic rings. The molecule has 0 spiro atoms. The summed E-state index contributed by atoms with van der Waals surface area (Å²) in [6, 6.07) is 0. The number of nitrogens with zero attached hydrogens (tertiary/aromatic N) is 2. The van der Waals surface area contributed by atoms with Gasteiger partial charge in [-0.2, -0.15) is 0 Å². The summed E-state index contributed by atoms with van der Waals surface area (Å²) in [7, 11) is 0. The number of rotatable bonds is 2. The normalized spacial score (nSPS) is 28.5. The SMILES string of the molecule is Cc1cn(C2C[C@@H](O)C(CO)O2)c([Se])nc1=O. The molecule has 2 heterocycles. The Morgan fingerprint density at radius 3 is 3.00 bits per heavy atom. The van der Waals surface area contributed by atoms with Crippen LogP contribution in [0.15, 0.2) is 11.0 Å². The summed E-state index contributed by atoms with van der Waals surface area (Å²) in [5.41, 5.74) is 0.224. The third kappa shape index (κ3) is 2.43. The van der Waals surface area contributed by atoms with Crippen LogP contribution >= 0.6 is 0 Å². The van der Waals surface area contributed by atoms with Crippen LogP contribution in [-0.2, 0) is 4.74 Å². The van der Waals surface area contributed by atoms with Crippen molar-refractivity contribution in [1.82, 2.24) is 9.55 Å². The molecule has 17 heavy (non-hydrogen) atoms. The summed E-state index contributed by atoms with van der Waals surface area (Å²) < 4.78 is 7.56. The summed E-state index contributed by atoms with van der Waals surface area (Å²) >= 11 is 2.69. The fraction of sp³-hybridized carbons (Fsp3) is 0.600. The first-order valence-corrected chi connectivity index (χ1v) is 6.09. The fourth-order valence-electron chi connectivity index (χ4n) is 1.81. The molecule has 1 saturated heterocycles. The second kappa shape index (κ2) is 4.88. The summed E-state index contributed by atoms with van der Waals surface area (Å²) in [5.74, 6) is 0. The van der Waals surface area contributed by atoms with E-state index in [1.54, 1.807) is 17.7 Å². The zero-order valence-corrected chi connectivity index (χ0v) is 11.0. The number of hydrogen-bond acceptors (Lipinski definition) is 5. The van der Waals surface area contributed by atoms with Gasteiger partial charge in [-0.25, -0.2) is 0 Å². The van der Waals surface area contributed by atoms with E-state index < -0.39 is 18.4 Å². The molecule has 0 bridgehead atoms. The molecule has 2 rings (SSSR count). The van der Waals surface area contributed by atoms with Crippen LogP contribution in [0.3, 0.4) is 0 Å². The first-order valence-electron chi connectivity index (χ1n) is 5.24. The standard InChI is InChI=1S/C10H13N2O4Se/c1-5-3-12(10(17)11-9(5)15)8-2-6(14)7(4-13)16-8/h3,6-8,13-14H,2,4H2,1H3/t6-,7?,8?/m1/s1. The molecular formula is C10H13N2O4Se. The first-order chi connectivity index (χ1) is 8.02. The molecule has 0 aliphatic carbocycles. The summed E-state index contributed by atoms with van der Waals surface area (Å²) in [6.45, 7) is 1.44. The van der Waals surface area contributed by atoms with Gasteiger partial charge in [-0.15, -0.1) is 0 Å². The van der Waals surface area contributed by atoms with E-state index in [-0.39, 0.29) is 12.2 Å². The molecule has 1 radical (unpaired) electrons. The van der Waals surface area contributed by atoms with Crippen LogP contribution in [0.1, 0.15) is 18.2 Å². The Balaban J connectivity index is 2.30. The van der Waals surface area contributed by atoms with Crippen molar-refractivity contribution in [2.75, 3.05) is 6.61 Å². The van der Waals surface area contributed by atoms with E-state index in [4.69, 9.17) is 9.84 Å². The number of aryl methyl sites for hydroxylation is 1. The maximum absolute atomic E-state index is 11.3. The average molecular weight is 304 g/mol. The first kappa shape index (κ1) is 12.7. The topological polar surface area (TPSA) is 84.6 Å². The Morgan fingerprint density at radius 2 is 2.41 bits per heavy atom. The van der Waals surface area contributed by atoms with Gasteiger partial charge < -0.3 is 0 Å². The molecule has 0 amide bonds. The van der Waals surface area contributed by atoms with E-state index in [1.807, 2.05) is 0 Å². The maximum atomic E-state index is 11.3. The van der Waals surface area contributed by atoms with Crippen LogP contribution in [0.25, 0.3) is 0 Å². The van der Waals surface area contributed by atoms with Crippen molar-refractivity contribution < 1.29 is 14.9 Å². The zero-order chi connectivity index (χ0) is 12.6. The van der Waals surface area contributed by atoms with Crippen LogP contribution in [0.5, 0.6) is 0 Å². The quantitative estimate of drug-likeness (QED) is 0.617. The molecule has 3 atom stereocenters. The Morgan fingerprint density at radius 1 is 1.71 bits per heavy atom. The minimum atomic E-state index is -0.705. The van der Waals surface area contributed by atoms with E-state index in [0.29, 0.717) is 16.7 Å². The molecular weight excluding hydrogens is 291 g/mol. The molecule has 1 aromatic rings. The predicted octanol–water partition coefficient (Wildman–Crippen LogP) is -2.01. The van der Waals surface area contributed by atoms with Crippen LogP contribution < -0.4 is 10.3 Å². The molecule has 2 N–H and O–H groups in total. The van der Waals surface area contributed by atoms with E-state index in [0.717, 1.165) is 0 Å². The van der Waals surface area contributed by atoms with Crippen molar-refractivity contribution >= 4 is 20.7 Å². The Hall–Kier alpha value is -0.721. The molecule has 1 aromatic heterocycles. The van der Waals surface area contributed by atoms with Crippen molar-refractivity contribution in [3.8, 4) is 0 Å². The van der Waals surface area contributed by atoms with Crippen LogP contribution in [0.4, 0.5) is 0 Å². The van der Waals surface area contributed by atoms with Crippen LogP contribution in [-0.4, -0.2) is 54.6 Å². The average Bonchev–Trinajstić information content (AvgIpc) is 2.65. The third-order valence-electron chi connectivity index (χ3n) is 2.78. The van der Waals surface area contributed by atoms with Gasteiger partial charge in [-0.3, -0.25) is 0 Å². The number of aliphatic hydroxyl groups is 2. The van der Waals surface area contributed by atoms with Gasteiger partial charge in [0.1, 0.15) is 0 Å². The Bertz CT molecular complexity index is 476. The molecule has 2 unspecified atom stereocenters. The van der Waals surface area contributed by atoms with Gasteiger partial charge in [-0.05, 0) is 0 Å². The molecule has 0 saturated carbocycles. The number of aromatic nitrogens is 2. The Kier molecular flexibility index (Phi) is 3.65. The van der Waals surface area contributed by atoms with Gasteiger partial charge in [0.15, 0.2) is 0 Å². The second-order valence-corrected chi connectivity index (χ2v) is 4.80.